The zero-order valence-electron chi connectivity index (χ0n) is 15.5. The fraction of sp³-hybridized carbons (Fsp3) is 0.389. The molecule has 3 aromatic rings. The lowest BCUT2D eigenvalue weighted by Crippen LogP contribution is -2.11. The molecule has 0 aliphatic rings. The summed E-state index contributed by atoms with van der Waals surface area (Å²) in [6.45, 7) is 5.61. The zero-order valence-corrected chi connectivity index (χ0v) is 15.5. The minimum Gasteiger partial charge on any atom is -0.493 e. The van der Waals surface area contributed by atoms with E-state index in [9.17, 15) is 0 Å². The average molecular weight is 356 g/mol. The van der Waals surface area contributed by atoms with Gasteiger partial charge >= 0.3 is 0 Å². The first kappa shape index (κ1) is 17.8. The second kappa shape index (κ2) is 7.47. The quantitative estimate of drug-likeness (QED) is 0.627. The van der Waals surface area contributed by atoms with Crippen LogP contribution in [0.1, 0.15) is 17.8 Å². The highest BCUT2D eigenvalue weighted by molar-refractivity contribution is 5.91. The number of nitrogen functional groups attached to an aromatic ring is 1. The summed E-state index contributed by atoms with van der Waals surface area (Å²) in [5.74, 6) is 2.10. The number of anilines is 2. The van der Waals surface area contributed by atoms with Gasteiger partial charge in [0.2, 0.25) is 5.95 Å². The monoisotopic (exact) mass is 356 g/mol. The molecule has 0 radical (unpaired) electrons. The van der Waals surface area contributed by atoms with Crippen LogP contribution in [0.5, 0.6) is 11.5 Å². The maximum Gasteiger partial charge on any atom is 0.225 e. The molecular weight excluding hydrogens is 332 g/mol. The Labute approximate surface area is 152 Å². The van der Waals surface area contributed by atoms with Crippen molar-refractivity contribution in [3.05, 3.63) is 29.6 Å². The molecule has 3 N–H and O–H groups in total. The van der Waals surface area contributed by atoms with Gasteiger partial charge in [-0.1, -0.05) is 0 Å². The van der Waals surface area contributed by atoms with Crippen LogP contribution >= 0.6 is 0 Å². The van der Waals surface area contributed by atoms with Gasteiger partial charge in [0, 0.05) is 30.2 Å². The van der Waals surface area contributed by atoms with E-state index in [1.165, 1.54) is 0 Å². The van der Waals surface area contributed by atoms with Gasteiger partial charge < -0.3 is 20.5 Å². The molecule has 0 bridgehead atoms. The molecule has 0 saturated carbocycles. The lowest BCUT2D eigenvalue weighted by Gasteiger charge is -2.12. The summed E-state index contributed by atoms with van der Waals surface area (Å²) in [6, 6.07) is 5.66. The van der Waals surface area contributed by atoms with Crippen LogP contribution in [0.25, 0.3) is 10.9 Å². The molecule has 0 unspecified atom stereocenters. The molecule has 0 aliphatic heterocycles. The number of ether oxygens (including phenoxy) is 2. The third-order valence-electron chi connectivity index (χ3n) is 4.16. The maximum atomic E-state index is 6.09. The van der Waals surface area contributed by atoms with Gasteiger partial charge in [-0.15, -0.1) is 0 Å². The third kappa shape index (κ3) is 3.63. The second-order valence-electron chi connectivity index (χ2n) is 6.09. The number of nitrogens with two attached hydrogens (primary N) is 1. The van der Waals surface area contributed by atoms with Crippen LogP contribution in [0, 0.1) is 13.8 Å². The largest absolute Gasteiger partial charge is 0.493 e. The molecule has 2 aromatic heterocycles. The van der Waals surface area contributed by atoms with E-state index in [2.05, 4.69) is 33.4 Å². The summed E-state index contributed by atoms with van der Waals surface area (Å²) < 4.78 is 12.6. The lowest BCUT2D eigenvalue weighted by molar-refractivity contribution is 0.356. The summed E-state index contributed by atoms with van der Waals surface area (Å²) in [4.78, 5) is 8.86. The number of benzene rings is 1. The topological polar surface area (TPSA) is 100 Å². The molecular formula is C18H24N6O2. The van der Waals surface area contributed by atoms with Crippen molar-refractivity contribution in [2.45, 2.75) is 26.8 Å². The van der Waals surface area contributed by atoms with Crippen LogP contribution in [0.2, 0.25) is 0 Å². The second-order valence-corrected chi connectivity index (χ2v) is 6.09. The normalized spacial score (nSPS) is 10.9. The predicted molar refractivity (Wildman–Crippen MR) is 102 cm³/mol. The van der Waals surface area contributed by atoms with Crippen molar-refractivity contribution in [3.63, 3.8) is 0 Å². The van der Waals surface area contributed by atoms with Gasteiger partial charge in [-0.2, -0.15) is 10.1 Å². The Morgan fingerprint density at radius 1 is 1.08 bits per heavy atom. The van der Waals surface area contributed by atoms with E-state index in [1.807, 2.05) is 11.6 Å². The number of rotatable bonds is 7. The summed E-state index contributed by atoms with van der Waals surface area (Å²) in [5.41, 5.74) is 8.99. The zero-order chi connectivity index (χ0) is 18.7. The van der Waals surface area contributed by atoms with Crippen molar-refractivity contribution in [3.8, 4) is 11.5 Å². The van der Waals surface area contributed by atoms with Gasteiger partial charge in [-0.05, 0) is 32.4 Å². The fourth-order valence-electron chi connectivity index (χ4n) is 2.89. The Kier molecular flexibility index (Phi) is 5.11. The van der Waals surface area contributed by atoms with E-state index >= 15 is 0 Å². The molecule has 2 heterocycles. The first-order chi connectivity index (χ1) is 12.5. The van der Waals surface area contributed by atoms with Crippen molar-refractivity contribution in [1.82, 2.24) is 19.7 Å². The van der Waals surface area contributed by atoms with Crippen LogP contribution < -0.4 is 20.5 Å². The Morgan fingerprint density at radius 3 is 2.46 bits per heavy atom. The first-order valence-corrected chi connectivity index (χ1v) is 8.46. The summed E-state index contributed by atoms with van der Waals surface area (Å²) >= 11 is 0. The molecule has 0 spiro atoms. The fourth-order valence-corrected chi connectivity index (χ4v) is 2.89. The molecule has 0 amide bonds. The smallest absolute Gasteiger partial charge is 0.225 e. The highest BCUT2D eigenvalue weighted by Crippen LogP contribution is 2.33. The predicted octanol–water partition coefficient (Wildman–Crippen LogP) is 2.54. The van der Waals surface area contributed by atoms with E-state index in [1.54, 1.807) is 26.4 Å². The van der Waals surface area contributed by atoms with Crippen LogP contribution in [0.4, 0.5) is 11.8 Å². The van der Waals surface area contributed by atoms with Crippen molar-refractivity contribution < 1.29 is 9.47 Å². The SMILES string of the molecule is COc1cc2nc(NCCCn3nc(C)cc3C)nc(N)c2cc1OC. The van der Waals surface area contributed by atoms with Crippen molar-refractivity contribution in [2.75, 3.05) is 31.8 Å². The van der Waals surface area contributed by atoms with Gasteiger partial charge in [0.15, 0.2) is 11.5 Å². The van der Waals surface area contributed by atoms with E-state index in [4.69, 9.17) is 15.2 Å². The number of nitrogens with one attached hydrogen (secondary N) is 1. The molecule has 8 heteroatoms. The van der Waals surface area contributed by atoms with Crippen LogP contribution in [-0.4, -0.2) is 40.5 Å². The van der Waals surface area contributed by atoms with Gasteiger partial charge in [0.1, 0.15) is 5.82 Å². The average Bonchev–Trinajstić information content (AvgIpc) is 2.95. The Bertz CT molecular complexity index is 922. The van der Waals surface area contributed by atoms with Crippen molar-refractivity contribution >= 4 is 22.7 Å². The molecule has 0 saturated heterocycles. The van der Waals surface area contributed by atoms with E-state index in [-0.39, 0.29) is 0 Å². The van der Waals surface area contributed by atoms with Gasteiger partial charge in [0.05, 0.1) is 25.4 Å². The van der Waals surface area contributed by atoms with Gasteiger partial charge in [0.25, 0.3) is 0 Å². The summed E-state index contributed by atoms with van der Waals surface area (Å²) in [6.07, 6.45) is 0.898. The van der Waals surface area contributed by atoms with E-state index in [0.717, 1.165) is 36.3 Å². The van der Waals surface area contributed by atoms with Crippen LogP contribution in [0.15, 0.2) is 18.2 Å². The third-order valence-corrected chi connectivity index (χ3v) is 4.16. The van der Waals surface area contributed by atoms with Gasteiger partial charge in [-0.3, -0.25) is 4.68 Å². The van der Waals surface area contributed by atoms with E-state index in [0.29, 0.717) is 28.8 Å². The van der Waals surface area contributed by atoms with Gasteiger partial charge in [-0.25, -0.2) is 4.98 Å². The summed E-state index contributed by atoms with van der Waals surface area (Å²) in [5, 5.41) is 8.41. The number of hydrogen-bond acceptors (Lipinski definition) is 7. The molecule has 26 heavy (non-hydrogen) atoms. The Hall–Kier alpha value is -3.03. The molecule has 138 valence electrons. The summed E-state index contributed by atoms with van der Waals surface area (Å²) in [7, 11) is 3.17. The molecule has 0 aliphatic carbocycles. The number of aryl methyl sites for hydroxylation is 3. The lowest BCUT2D eigenvalue weighted by atomic mass is 10.2. The highest BCUT2D eigenvalue weighted by Gasteiger charge is 2.11. The van der Waals surface area contributed by atoms with Crippen molar-refractivity contribution in [1.29, 1.82) is 0 Å². The maximum absolute atomic E-state index is 6.09. The minimum atomic E-state index is 0.400. The number of nitrogens with zero attached hydrogens (tertiary/aromatic N) is 4. The standard InChI is InChI=1S/C18H24N6O2/c1-11-8-12(2)24(23-11)7-5-6-20-18-21-14-10-16(26-4)15(25-3)9-13(14)17(19)22-18/h8-10H,5-7H2,1-4H3,(H3,19,20,21,22). The molecule has 3 rings (SSSR count). The number of fused-ring (bicyclic) bond motifs is 1. The van der Waals surface area contributed by atoms with Crippen LogP contribution in [0.3, 0.4) is 0 Å². The highest BCUT2D eigenvalue weighted by atomic mass is 16.5. The molecule has 1 aromatic carbocycles. The number of aromatic nitrogens is 4. The first-order valence-electron chi connectivity index (χ1n) is 8.46. The van der Waals surface area contributed by atoms with Crippen LogP contribution in [-0.2, 0) is 6.54 Å². The van der Waals surface area contributed by atoms with E-state index < -0.39 is 0 Å². The number of hydrogen-bond donors (Lipinski definition) is 2. The number of methoxy groups -OCH3 is 2. The molecule has 0 fully saturated rings. The molecule has 8 nitrogen and oxygen atoms in total. The Balaban J connectivity index is 1.71. The molecule has 0 atom stereocenters. The minimum absolute atomic E-state index is 0.400. The Morgan fingerprint density at radius 2 is 1.81 bits per heavy atom. The van der Waals surface area contributed by atoms with Crippen molar-refractivity contribution in [2.24, 2.45) is 0 Å².